The number of carbonyl (C=O) groups is 1. The molecule has 0 saturated heterocycles. The van der Waals surface area contributed by atoms with Gasteiger partial charge in [-0.1, -0.05) is 71.9 Å². The Morgan fingerprint density at radius 3 is 1.86 bits per heavy atom. The third-order valence-corrected chi connectivity index (χ3v) is 6.15. The Labute approximate surface area is 172 Å². The number of rotatable bonds is 5. The van der Waals surface area contributed by atoms with Crippen LogP contribution in [0.4, 0.5) is 0 Å². The highest BCUT2D eigenvalue weighted by Crippen LogP contribution is 2.43. The topological polar surface area (TPSA) is 69.1 Å². The van der Waals surface area contributed by atoms with E-state index in [1.807, 2.05) is 48.5 Å². The molecule has 0 spiro atoms. The molecule has 4 aromatic carbocycles. The quantitative estimate of drug-likeness (QED) is 0.419. The Balaban J connectivity index is 1.99. The fourth-order valence-corrected chi connectivity index (χ4v) is 4.78. The highest BCUT2D eigenvalue weighted by atomic mass is 35.5. The van der Waals surface area contributed by atoms with Gasteiger partial charge in [0.05, 0.1) is 0 Å². The molecule has 5 heteroatoms. The van der Waals surface area contributed by atoms with E-state index in [0.717, 1.165) is 36.9 Å². The Hall–Kier alpha value is -2.53. The van der Waals surface area contributed by atoms with E-state index in [2.05, 4.69) is 24.3 Å². The van der Waals surface area contributed by atoms with Crippen LogP contribution in [0.2, 0.25) is 5.02 Å². The maximum absolute atomic E-state index is 11.5. The number of hydrogen-bond donors (Lipinski definition) is 2. The molecule has 140 valence electrons. The number of fused-ring (bicyclic) bond motifs is 2. The van der Waals surface area contributed by atoms with Crippen molar-refractivity contribution in [1.29, 1.82) is 0 Å². The molecule has 0 aliphatic heterocycles. The lowest BCUT2D eigenvalue weighted by Gasteiger charge is -2.20. The molecule has 0 heterocycles. The number of halogens is 1. The van der Waals surface area contributed by atoms with Gasteiger partial charge in [-0.25, -0.2) is 0 Å². The van der Waals surface area contributed by atoms with Crippen molar-refractivity contribution in [3.63, 3.8) is 0 Å². The normalized spacial score (nSPS) is 12.4. The van der Waals surface area contributed by atoms with Gasteiger partial charge in [0.2, 0.25) is 5.91 Å². The highest BCUT2D eigenvalue weighted by molar-refractivity contribution is 7.99. The zero-order valence-electron chi connectivity index (χ0n) is 15.1. The summed E-state index contributed by atoms with van der Waals surface area (Å²) in [7, 11) is 0. The zero-order valence-corrected chi connectivity index (χ0v) is 16.6. The van der Waals surface area contributed by atoms with Crippen molar-refractivity contribution in [1.82, 2.24) is 0 Å². The molecule has 4 aromatic rings. The molecule has 0 fully saturated rings. The molecule has 0 aliphatic carbocycles. The summed E-state index contributed by atoms with van der Waals surface area (Å²) in [6, 6.07) is 23.7. The van der Waals surface area contributed by atoms with E-state index in [1.165, 1.54) is 0 Å². The second-order valence-corrected chi connectivity index (χ2v) is 8.19. The lowest BCUT2D eigenvalue weighted by molar-refractivity contribution is -0.118. The van der Waals surface area contributed by atoms with E-state index in [9.17, 15) is 4.79 Å². The van der Waals surface area contributed by atoms with Crippen LogP contribution in [0.1, 0.15) is 18.0 Å². The van der Waals surface area contributed by atoms with Gasteiger partial charge in [-0.3, -0.25) is 4.79 Å². The van der Waals surface area contributed by atoms with Crippen molar-refractivity contribution in [2.75, 3.05) is 0 Å². The lowest BCUT2D eigenvalue weighted by Crippen LogP contribution is -2.21. The minimum Gasteiger partial charge on any atom is -0.370 e. The predicted molar refractivity (Wildman–Crippen MR) is 118 cm³/mol. The van der Waals surface area contributed by atoms with Crippen LogP contribution in [0.5, 0.6) is 0 Å². The van der Waals surface area contributed by atoms with E-state index in [1.54, 1.807) is 11.8 Å². The Morgan fingerprint density at radius 1 is 0.857 bits per heavy atom. The number of nitrogens with two attached hydrogens (primary N) is 2. The van der Waals surface area contributed by atoms with Crippen LogP contribution in [0.25, 0.3) is 21.5 Å². The molecular weight excluding hydrogens is 388 g/mol. The molecule has 0 bridgehead atoms. The summed E-state index contributed by atoms with van der Waals surface area (Å²) in [6.45, 7) is 0. The van der Waals surface area contributed by atoms with Crippen LogP contribution in [0.3, 0.4) is 0 Å². The second kappa shape index (κ2) is 7.84. The van der Waals surface area contributed by atoms with Crippen LogP contribution >= 0.6 is 23.4 Å². The van der Waals surface area contributed by atoms with Gasteiger partial charge in [0.25, 0.3) is 0 Å². The first-order valence-corrected chi connectivity index (χ1v) is 10.1. The largest absolute Gasteiger partial charge is 0.370 e. The monoisotopic (exact) mass is 406 g/mol. The first kappa shape index (κ1) is 18.8. The number of primary amides is 1. The van der Waals surface area contributed by atoms with Crippen molar-refractivity contribution in [3.05, 3.63) is 83.4 Å². The van der Waals surface area contributed by atoms with Crippen LogP contribution in [-0.4, -0.2) is 5.91 Å². The average molecular weight is 407 g/mol. The Morgan fingerprint density at radius 2 is 1.36 bits per heavy atom. The molecule has 0 aromatic heterocycles. The van der Waals surface area contributed by atoms with Gasteiger partial charge < -0.3 is 11.5 Å². The summed E-state index contributed by atoms with van der Waals surface area (Å²) in [5, 5.41) is 5.02. The van der Waals surface area contributed by atoms with Crippen molar-refractivity contribution < 1.29 is 4.79 Å². The van der Waals surface area contributed by atoms with Crippen molar-refractivity contribution in [2.24, 2.45) is 11.5 Å². The lowest BCUT2D eigenvalue weighted by atomic mass is 9.91. The van der Waals surface area contributed by atoms with Gasteiger partial charge in [0.15, 0.2) is 0 Å². The van der Waals surface area contributed by atoms with Crippen molar-refractivity contribution in [2.45, 2.75) is 22.3 Å². The van der Waals surface area contributed by atoms with Crippen molar-refractivity contribution in [3.8, 4) is 0 Å². The summed E-state index contributed by atoms with van der Waals surface area (Å²) in [5.41, 5.74) is 12.8. The zero-order chi connectivity index (χ0) is 19.7. The smallest absolute Gasteiger partial charge is 0.219 e. The van der Waals surface area contributed by atoms with E-state index in [0.29, 0.717) is 5.02 Å². The molecule has 0 radical (unpaired) electrons. The molecule has 1 unspecified atom stereocenters. The van der Waals surface area contributed by atoms with Gasteiger partial charge in [-0.2, -0.15) is 0 Å². The molecule has 0 saturated carbocycles. The van der Waals surface area contributed by atoms with E-state index in [4.69, 9.17) is 23.1 Å². The number of carbonyl (C=O) groups excluding carboxylic acids is 1. The molecule has 1 atom stereocenters. The number of amides is 1. The first-order valence-electron chi connectivity index (χ1n) is 8.95. The average Bonchev–Trinajstić information content (AvgIpc) is 2.69. The highest BCUT2D eigenvalue weighted by Gasteiger charge is 2.20. The molecule has 28 heavy (non-hydrogen) atoms. The van der Waals surface area contributed by atoms with E-state index in [-0.39, 0.29) is 6.42 Å². The van der Waals surface area contributed by atoms with Gasteiger partial charge in [-0.15, -0.1) is 0 Å². The van der Waals surface area contributed by atoms with Crippen LogP contribution in [-0.2, 0) is 4.79 Å². The number of benzene rings is 4. The van der Waals surface area contributed by atoms with Crippen molar-refractivity contribution >= 4 is 50.8 Å². The predicted octanol–water partition coefficient (Wildman–Crippen LogP) is 5.67. The van der Waals surface area contributed by atoms with Gasteiger partial charge in [0, 0.05) is 27.3 Å². The van der Waals surface area contributed by atoms with Gasteiger partial charge in [0.1, 0.15) is 0 Å². The maximum atomic E-state index is 11.5. The summed E-state index contributed by atoms with van der Waals surface area (Å²) in [4.78, 5) is 13.8. The van der Waals surface area contributed by atoms with Gasteiger partial charge >= 0.3 is 0 Å². The second-order valence-electron chi connectivity index (χ2n) is 6.67. The summed E-state index contributed by atoms with van der Waals surface area (Å²) in [5.74, 6) is -0.403. The third kappa shape index (κ3) is 3.59. The molecule has 4 N–H and O–H groups in total. The molecule has 1 amide bonds. The first-order chi connectivity index (χ1) is 13.5. The molecule has 4 rings (SSSR count). The fourth-order valence-electron chi connectivity index (χ4n) is 3.57. The molecule has 3 nitrogen and oxygen atoms in total. The van der Waals surface area contributed by atoms with Crippen LogP contribution < -0.4 is 11.5 Å². The van der Waals surface area contributed by atoms with E-state index < -0.39 is 11.9 Å². The summed E-state index contributed by atoms with van der Waals surface area (Å²) >= 11 is 7.74. The summed E-state index contributed by atoms with van der Waals surface area (Å²) < 4.78 is 0. The molecular formula is C23H19ClN2OS. The molecule has 0 aliphatic rings. The SMILES string of the molecule is NC(=O)CC(N)c1c2ccccc2c(Sc2ccc(Cl)cc2)c2ccccc12. The van der Waals surface area contributed by atoms with Gasteiger partial charge in [-0.05, 0) is 51.4 Å². The minimum absolute atomic E-state index is 0.109. The Bertz CT molecular complexity index is 1120. The van der Waals surface area contributed by atoms with Crippen LogP contribution in [0.15, 0.2) is 82.6 Å². The van der Waals surface area contributed by atoms with E-state index >= 15 is 0 Å². The Kier molecular flexibility index (Phi) is 5.27. The standard InChI is InChI=1S/C23H19ClN2OS/c24-14-9-11-15(12-10-14)28-23-18-7-3-1-5-16(18)22(20(25)13-21(26)27)17-6-2-4-8-19(17)23/h1-12,20H,13,25H2,(H2,26,27). The third-order valence-electron chi connectivity index (χ3n) is 4.75. The summed E-state index contributed by atoms with van der Waals surface area (Å²) in [6.07, 6.45) is 0.109. The fraction of sp³-hybridized carbons (Fsp3) is 0.0870. The number of hydrogen-bond acceptors (Lipinski definition) is 3. The van der Waals surface area contributed by atoms with Crippen LogP contribution in [0, 0.1) is 0 Å². The maximum Gasteiger partial charge on any atom is 0.219 e. The minimum atomic E-state index is -0.457.